The van der Waals surface area contributed by atoms with Crippen LogP contribution in [-0.4, -0.2) is 82.3 Å². The zero-order valence-corrected chi connectivity index (χ0v) is 50.8. The van der Waals surface area contributed by atoms with E-state index in [0.717, 1.165) is 109 Å². The van der Waals surface area contributed by atoms with Crippen LogP contribution in [0.15, 0.2) is 109 Å². The lowest BCUT2D eigenvalue weighted by atomic mass is 10.0. The van der Waals surface area contributed by atoms with E-state index in [4.69, 9.17) is 18.9 Å². The summed E-state index contributed by atoms with van der Waals surface area (Å²) in [7, 11) is 5.92. The van der Waals surface area contributed by atoms with E-state index in [2.05, 4.69) is 123 Å². The molecule has 0 aromatic carbocycles. The Labute approximate surface area is 479 Å². The minimum absolute atomic E-state index is 0.142. The standard InChI is InChI=1S/C69H117NO8/c1-6-8-10-12-14-16-18-20-22-24-26-27-28-29-30-31-32-33-34-35-36-37-38-39-40-41-42-44-46-48-50-52-54-56-58-60-67(72)78-65(64-77-69(68(73)74)75-62-61-70(3,4)5)63-76-66(71)59-57-55-53-51-49-47-45-43-25-23-21-19-17-15-13-11-9-7-2/h8,10,14,16,20,22-23,25-27,29-30,32-33,35-36,38-39,65,69H,6-7,9,11-13,15,17-19,21,24,28,31,34,37,40-64H2,1-5H3/b10-8-,16-14-,22-20-,25-23-,27-26-,30-29-,33-32-,36-35-,39-38-. The van der Waals surface area contributed by atoms with Crippen LogP contribution in [0.2, 0.25) is 0 Å². The van der Waals surface area contributed by atoms with Gasteiger partial charge in [-0.1, -0.05) is 245 Å². The lowest BCUT2D eigenvalue weighted by Gasteiger charge is -2.26. The summed E-state index contributed by atoms with van der Waals surface area (Å²) in [5, 5.41) is 11.8. The molecule has 0 aliphatic rings. The first-order valence-corrected chi connectivity index (χ1v) is 31.5. The summed E-state index contributed by atoms with van der Waals surface area (Å²) in [6.45, 7) is 4.62. The van der Waals surface area contributed by atoms with Gasteiger partial charge in [-0.15, -0.1) is 0 Å². The molecule has 2 unspecified atom stereocenters. The van der Waals surface area contributed by atoms with Crippen LogP contribution in [0, 0.1) is 0 Å². The monoisotopic (exact) mass is 1090 g/mol. The van der Waals surface area contributed by atoms with E-state index in [0.29, 0.717) is 17.4 Å². The summed E-state index contributed by atoms with van der Waals surface area (Å²) in [5.74, 6) is -2.30. The van der Waals surface area contributed by atoms with E-state index in [9.17, 15) is 19.5 Å². The van der Waals surface area contributed by atoms with Gasteiger partial charge in [-0.2, -0.15) is 0 Å². The number of allylic oxidation sites excluding steroid dienone is 18. The van der Waals surface area contributed by atoms with Gasteiger partial charge >= 0.3 is 11.9 Å². The second kappa shape index (κ2) is 59.1. The Bertz CT molecular complexity index is 1640. The Morgan fingerprint density at radius 2 is 0.731 bits per heavy atom. The molecular weight excluding hydrogens is 971 g/mol. The van der Waals surface area contributed by atoms with Crippen molar-refractivity contribution in [2.75, 3.05) is 47.5 Å². The maximum atomic E-state index is 12.9. The lowest BCUT2D eigenvalue weighted by Crippen LogP contribution is -2.44. The molecule has 2 atom stereocenters. The number of likely N-dealkylation sites (N-methyl/N-ethyl adjacent to an activating group) is 1. The second-order valence-corrected chi connectivity index (χ2v) is 22.0. The average molecular weight is 1090 g/mol. The van der Waals surface area contributed by atoms with Gasteiger partial charge < -0.3 is 33.3 Å². The predicted molar refractivity (Wildman–Crippen MR) is 329 cm³/mol. The number of carboxylic acids is 1. The lowest BCUT2D eigenvalue weighted by molar-refractivity contribution is -0.870. The smallest absolute Gasteiger partial charge is 0.306 e. The Balaban J connectivity index is 4.20. The number of esters is 2. The number of ether oxygens (including phenoxy) is 4. The summed E-state index contributed by atoms with van der Waals surface area (Å²) >= 11 is 0. The number of carboxylic acid groups (broad SMARTS) is 1. The maximum absolute atomic E-state index is 12.9. The summed E-state index contributed by atoms with van der Waals surface area (Å²) < 4.78 is 22.7. The summed E-state index contributed by atoms with van der Waals surface area (Å²) in [4.78, 5) is 37.3. The minimum atomic E-state index is -1.63. The second-order valence-electron chi connectivity index (χ2n) is 22.0. The van der Waals surface area contributed by atoms with Crippen LogP contribution >= 0.6 is 0 Å². The van der Waals surface area contributed by atoms with Crippen LogP contribution in [-0.2, 0) is 33.3 Å². The number of hydrogen-bond donors (Lipinski definition) is 0. The quantitative estimate of drug-likeness (QED) is 0.0195. The van der Waals surface area contributed by atoms with Gasteiger partial charge in [0.1, 0.15) is 13.2 Å². The first-order chi connectivity index (χ1) is 38.1. The fourth-order valence-electron chi connectivity index (χ4n) is 8.43. The average Bonchev–Trinajstić information content (AvgIpc) is 3.41. The number of carbonyl (C=O) groups is 3. The van der Waals surface area contributed by atoms with Crippen LogP contribution in [0.4, 0.5) is 0 Å². The van der Waals surface area contributed by atoms with E-state index in [1.807, 2.05) is 21.1 Å². The molecule has 0 saturated heterocycles. The third-order valence-electron chi connectivity index (χ3n) is 13.3. The highest BCUT2D eigenvalue weighted by Gasteiger charge is 2.22. The fraction of sp³-hybridized carbons (Fsp3) is 0.696. The molecule has 0 bridgehead atoms. The molecule has 0 aliphatic carbocycles. The van der Waals surface area contributed by atoms with Crippen LogP contribution in [0.3, 0.4) is 0 Å². The van der Waals surface area contributed by atoms with E-state index in [-0.39, 0.29) is 38.6 Å². The SMILES string of the molecule is CC/C=C\C/C=C\C/C=C\C/C=C\C/C=C\C/C=C\C/C=C\C/C=C\CCCCCCCCCCCCC(=O)OC(COC(=O)CCCCCCCCC/C=C\CCCCCCCCC)COC(OCC[N+](C)(C)C)C(=O)[O-]. The van der Waals surface area contributed by atoms with Crippen LogP contribution in [0.25, 0.3) is 0 Å². The van der Waals surface area contributed by atoms with E-state index >= 15 is 0 Å². The third kappa shape index (κ3) is 59.6. The number of quaternary nitrogens is 1. The van der Waals surface area contributed by atoms with Gasteiger partial charge in [0, 0.05) is 12.8 Å². The molecule has 0 aliphatic heterocycles. The first kappa shape index (κ1) is 74.0. The largest absolute Gasteiger partial charge is 0.545 e. The third-order valence-corrected chi connectivity index (χ3v) is 13.3. The molecule has 0 saturated carbocycles. The Hall–Kier alpha value is -4.05. The van der Waals surface area contributed by atoms with Crippen molar-refractivity contribution in [2.45, 2.75) is 264 Å². The molecule has 0 radical (unpaired) electrons. The molecule has 0 spiro atoms. The van der Waals surface area contributed by atoms with Crippen molar-refractivity contribution >= 4 is 17.9 Å². The fourth-order valence-corrected chi connectivity index (χ4v) is 8.43. The summed E-state index contributed by atoms with van der Waals surface area (Å²) in [6, 6.07) is 0. The molecule has 446 valence electrons. The van der Waals surface area contributed by atoms with Gasteiger partial charge in [0.25, 0.3) is 0 Å². The highest BCUT2D eigenvalue weighted by molar-refractivity contribution is 5.70. The van der Waals surface area contributed by atoms with E-state index in [1.165, 1.54) is 109 Å². The van der Waals surface area contributed by atoms with Crippen LogP contribution in [0.5, 0.6) is 0 Å². The van der Waals surface area contributed by atoms with Gasteiger partial charge in [0.2, 0.25) is 0 Å². The van der Waals surface area contributed by atoms with Gasteiger partial charge in [0.15, 0.2) is 12.4 Å². The Morgan fingerprint density at radius 1 is 0.397 bits per heavy atom. The van der Waals surface area contributed by atoms with Crippen molar-refractivity contribution in [3.8, 4) is 0 Å². The molecule has 0 heterocycles. The zero-order valence-electron chi connectivity index (χ0n) is 50.8. The number of nitrogens with zero attached hydrogens (tertiary/aromatic N) is 1. The van der Waals surface area contributed by atoms with Crippen molar-refractivity contribution in [2.24, 2.45) is 0 Å². The zero-order chi connectivity index (χ0) is 56.9. The van der Waals surface area contributed by atoms with Gasteiger partial charge in [-0.05, 0) is 103 Å². The normalized spacial score (nSPS) is 13.5. The molecule has 0 rings (SSSR count). The van der Waals surface area contributed by atoms with Crippen molar-refractivity contribution in [3.63, 3.8) is 0 Å². The van der Waals surface area contributed by atoms with E-state index < -0.39 is 24.3 Å². The molecular formula is C69H117NO8. The molecule has 0 amide bonds. The number of unbranched alkanes of at least 4 members (excludes halogenated alkanes) is 24. The maximum Gasteiger partial charge on any atom is 0.306 e. The predicted octanol–water partition coefficient (Wildman–Crippen LogP) is 17.7. The van der Waals surface area contributed by atoms with Crippen molar-refractivity contribution in [1.82, 2.24) is 0 Å². The Kier molecular flexibility index (Phi) is 56.0. The van der Waals surface area contributed by atoms with Gasteiger partial charge in [-0.3, -0.25) is 9.59 Å². The number of aliphatic carboxylic acids is 1. The number of carbonyl (C=O) groups excluding carboxylic acids is 3. The van der Waals surface area contributed by atoms with Crippen molar-refractivity contribution in [3.05, 3.63) is 109 Å². The van der Waals surface area contributed by atoms with Crippen LogP contribution < -0.4 is 5.11 Å². The van der Waals surface area contributed by atoms with Gasteiger partial charge in [0.05, 0.1) is 40.3 Å². The number of hydrogen-bond acceptors (Lipinski definition) is 8. The summed E-state index contributed by atoms with van der Waals surface area (Å²) in [5.41, 5.74) is 0. The Morgan fingerprint density at radius 3 is 1.10 bits per heavy atom. The molecule has 9 nitrogen and oxygen atoms in total. The highest BCUT2D eigenvalue weighted by Crippen LogP contribution is 2.15. The molecule has 78 heavy (non-hydrogen) atoms. The number of rotatable bonds is 57. The molecule has 0 N–H and O–H groups in total. The van der Waals surface area contributed by atoms with Crippen molar-refractivity contribution < 1.29 is 42.9 Å². The topological polar surface area (TPSA) is 111 Å². The molecule has 0 aromatic heterocycles. The van der Waals surface area contributed by atoms with E-state index in [1.54, 1.807) is 0 Å². The first-order valence-electron chi connectivity index (χ1n) is 31.5. The summed E-state index contributed by atoms with van der Waals surface area (Å²) in [6.07, 6.45) is 78.6. The minimum Gasteiger partial charge on any atom is -0.545 e. The van der Waals surface area contributed by atoms with Gasteiger partial charge in [-0.25, -0.2) is 0 Å². The molecule has 0 fully saturated rings. The molecule has 9 heteroatoms. The van der Waals surface area contributed by atoms with Crippen molar-refractivity contribution in [1.29, 1.82) is 0 Å². The highest BCUT2D eigenvalue weighted by atomic mass is 16.7. The molecule has 0 aromatic rings. The van der Waals surface area contributed by atoms with Crippen LogP contribution in [0.1, 0.15) is 251 Å².